The molecule has 0 fully saturated rings. The number of fused-ring (bicyclic) bond motifs is 1. The van der Waals surface area contributed by atoms with Crippen molar-refractivity contribution in [2.24, 2.45) is 0 Å². The van der Waals surface area contributed by atoms with Crippen molar-refractivity contribution < 1.29 is 0 Å². The van der Waals surface area contributed by atoms with Crippen LogP contribution in [0.1, 0.15) is 12.2 Å². The lowest BCUT2D eigenvalue weighted by Crippen LogP contribution is -2.08. The van der Waals surface area contributed by atoms with Gasteiger partial charge in [0.2, 0.25) is 0 Å². The second kappa shape index (κ2) is 5.69. The summed E-state index contributed by atoms with van der Waals surface area (Å²) in [5.74, 6) is 1.88. The number of hydrogen-bond acceptors (Lipinski definition) is 4. The number of imidazole rings is 1. The van der Waals surface area contributed by atoms with Crippen molar-refractivity contribution in [1.29, 1.82) is 0 Å². The van der Waals surface area contributed by atoms with Crippen molar-refractivity contribution in [2.45, 2.75) is 19.9 Å². The number of rotatable bonds is 5. The maximum Gasteiger partial charge on any atom is 0.145 e. The Morgan fingerprint density at radius 3 is 2.80 bits per heavy atom. The van der Waals surface area contributed by atoms with E-state index in [1.165, 1.54) is 0 Å². The monoisotopic (exact) mass is 267 g/mol. The maximum absolute atomic E-state index is 4.53. The number of nitrogens with one attached hydrogen (secondary N) is 1. The third-order valence-corrected chi connectivity index (χ3v) is 3.25. The molecule has 2 aromatic heterocycles. The molecule has 0 saturated heterocycles. The number of anilines is 1. The molecular weight excluding hydrogens is 250 g/mol. The van der Waals surface area contributed by atoms with Crippen molar-refractivity contribution in [1.82, 2.24) is 19.5 Å². The van der Waals surface area contributed by atoms with Gasteiger partial charge in [-0.3, -0.25) is 4.98 Å². The molecule has 0 radical (unpaired) electrons. The molecule has 0 unspecified atom stereocenters. The summed E-state index contributed by atoms with van der Waals surface area (Å²) in [7, 11) is 0. The molecule has 0 aliphatic carbocycles. The van der Waals surface area contributed by atoms with Crippen LogP contribution in [-0.4, -0.2) is 26.1 Å². The number of para-hydroxylation sites is 2. The van der Waals surface area contributed by atoms with E-state index in [1.54, 1.807) is 6.20 Å². The first-order chi connectivity index (χ1) is 9.83. The van der Waals surface area contributed by atoms with Gasteiger partial charge in [-0.1, -0.05) is 12.1 Å². The molecule has 0 amide bonds. The van der Waals surface area contributed by atoms with E-state index < -0.39 is 0 Å². The minimum atomic E-state index is 0.825. The molecule has 5 nitrogen and oxygen atoms in total. The highest BCUT2D eigenvalue weighted by Gasteiger charge is 1.99. The molecular formula is C15H17N5. The van der Waals surface area contributed by atoms with E-state index in [9.17, 15) is 0 Å². The third-order valence-electron chi connectivity index (χ3n) is 3.25. The second-order valence-corrected chi connectivity index (χ2v) is 4.69. The fourth-order valence-electron chi connectivity index (χ4n) is 2.15. The van der Waals surface area contributed by atoms with Crippen molar-refractivity contribution in [3.63, 3.8) is 0 Å². The van der Waals surface area contributed by atoms with Crippen molar-refractivity contribution >= 4 is 16.9 Å². The Labute approximate surface area is 117 Å². The molecule has 0 saturated carbocycles. The van der Waals surface area contributed by atoms with E-state index >= 15 is 0 Å². The quantitative estimate of drug-likeness (QED) is 0.722. The van der Waals surface area contributed by atoms with Crippen molar-refractivity contribution in [2.75, 3.05) is 11.9 Å². The first-order valence-corrected chi connectivity index (χ1v) is 6.76. The summed E-state index contributed by atoms with van der Waals surface area (Å²) in [5, 5.41) is 3.31. The number of nitrogens with zero attached hydrogens (tertiary/aromatic N) is 4. The van der Waals surface area contributed by atoms with Gasteiger partial charge in [0.1, 0.15) is 11.6 Å². The lowest BCUT2D eigenvalue weighted by Gasteiger charge is -2.07. The smallest absolute Gasteiger partial charge is 0.145 e. The first kappa shape index (κ1) is 12.6. The molecule has 3 rings (SSSR count). The Balaban J connectivity index is 1.56. The molecule has 0 atom stereocenters. The van der Waals surface area contributed by atoms with Crippen LogP contribution >= 0.6 is 0 Å². The van der Waals surface area contributed by atoms with Gasteiger partial charge in [0.15, 0.2) is 0 Å². The normalized spacial score (nSPS) is 10.8. The molecule has 1 aromatic carbocycles. The van der Waals surface area contributed by atoms with Crippen molar-refractivity contribution in [3.8, 4) is 0 Å². The van der Waals surface area contributed by atoms with Gasteiger partial charge in [0, 0.05) is 25.5 Å². The van der Waals surface area contributed by atoms with Crippen LogP contribution < -0.4 is 5.32 Å². The van der Waals surface area contributed by atoms with Crippen LogP contribution in [0.2, 0.25) is 0 Å². The van der Waals surface area contributed by atoms with Crippen LogP contribution in [-0.2, 0) is 6.54 Å². The highest BCUT2D eigenvalue weighted by Crippen LogP contribution is 2.11. The van der Waals surface area contributed by atoms with Gasteiger partial charge in [-0.2, -0.15) is 0 Å². The zero-order valence-corrected chi connectivity index (χ0v) is 11.5. The molecule has 0 aliphatic rings. The minimum absolute atomic E-state index is 0.825. The van der Waals surface area contributed by atoms with Crippen LogP contribution in [0.3, 0.4) is 0 Å². The number of benzene rings is 1. The number of aromatic nitrogens is 4. The van der Waals surface area contributed by atoms with E-state index in [4.69, 9.17) is 0 Å². The average Bonchev–Trinajstić information content (AvgIpc) is 2.89. The lowest BCUT2D eigenvalue weighted by molar-refractivity contribution is 0.642. The zero-order valence-electron chi connectivity index (χ0n) is 11.5. The largest absolute Gasteiger partial charge is 0.369 e. The molecule has 0 bridgehead atoms. The Morgan fingerprint density at radius 1 is 1.15 bits per heavy atom. The fourth-order valence-corrected chi connectivity index (χ4v) is 2.15. The molecule has 20 heavy (non-hydrogen) atoms. The van der Waals surface area contributed by atoms with E-state index in [-0.39, 0.29) is 0 Å². The van der Waals surface area contributed by atoms with Gasteiger partial charge in [-0.25, -0.2) is 9.97 Å². The molecule has 2 heterocycles. The summed E-state index contributed by atoms with van der Waals surface area (Å²) in [6, 6.07) is 7.89. The van der Waals surface area contributed by atoms with Gasteiger partial charge in [-0.05, 0) is 25.5 Å². The van der Waals surface area contributed by atoms with Gasteiger partial charge in [0.05, 0.1) is 17.2 Å². The van der Waals surface area contributed by atoms with Gasteiger partial charge in [0.25, 0.3) is 0 Å². The van der Waals surface area contributed by atoms with E-state index in [1.807, 2.05) is 43.6 Å². The highest BCUT2D eigenvalue weighted by molar-refractivity contribution is 5.75. The topological polar surface area (TPSA) is 55.6 Å². The SMILES string of the molecule is Cc1nccn1CCCNc1cnc2ccccc2n1. The summed E-state index contributed by atoms with van der Waals surface area (Å²) >= 11 is 0. The molecule has 0 spiro atoms. The molecule has 5 heteroatoms. The standard InChI is InChI=1S/C15H17N5/c1-12-16-8-10-20(12)9-4-7-17-15-11-18-13-5-2-3-6-14(13)19-15/h2-3,5-6,8,10-11H,4,7,9H2,1H3,(H,17,19). The summed E-state index contributed by atoms with van der Waals surface area (Å²) in [4.78, 5) is 13.1. The third kappa shape index (κ3) is 2.77. The van der Waals surface area contributed by atoms with Gasteiger partial charge in [-0.15, -0.1) is 0 Å². The van der Waals surface area contributed by atoms with Crippen LogP contribution in [0, 0.1) is 6.92 Å². The Bertz CT molecular complexity index is 704. The number of aryl methyl sites for hydroxylation is 2. The first-order valence-electron chi connectivity index (χ1n) is 6.76. The predicted molar refractivity (Wildman–Crippen MR) is 79.6 cm³/mol. The van der Waals surface area contributed by atoms with Gasteiger partial charge >= 0.3 is 0 Å². The molecule has 102 valence electrons. The molecule has 0 aliphatic heterocycles. The summed E-state index contributed by atoms with van der Waals surface area (Å²) < 4.78 is 2.15. The van der Waals surface area contributed by atoms with Gasteiger partial charge < -0.3 is 9.88 Å². The highest BCUT2D eigenvalue weighted by atomic mass is 15.1. The van der Waals surface area contributed by atoms with E-state index in [2.05, 4.69) is 24.8 Å². The van der Waals surface area contributed by atoms with Crippen LogP contribution in [0.25, 0.3) is 11.0 Å². The summed E-state index contributed by atoms with van der Waals surface area (Å²) in [6.45, 7) is 3.84. The molecule has 1 N–H and O–H groups in total. The second-order valence-electron chi connectivity index (χ2n) is 4.69. The van der Waals surface area contributed by atoms with Crippen molar-refractivity contribution in [3.05, 3.63) is 48.7 Å². The summed E-state index contributed by atoms with van der Waals surface area (Å²) in [5.41, 5.74) is 1.84. The van der Waals surface area contributed by atoms with E-state index in [0.29, 0.717) is 0 Å². The van der Waals surface area contributed by atoms with E-state index in [0.717, 1.165) is 42.2 Å². The lowest BCUT2D eigenvalue weighted by atomic mass is 10.3. The Morgan fingerprint density at radius 2 is 2.00 bits per heavy atom. The predicted octanol–water partition coefficient (Wildman–Crippen LogP) is 2.64. The van der Waals surface area contributed by atoms with Crippen LogP contribution in [0.15, 0.2) is 42.9 Å². The Hall–Kier alpha value is -2.43. The maximum atomic E-state index is 4.53. The Kier molecular flexibility index (Phi) is 3.58. The van der Waals surface area contributed by atoms with Crippen LogP contribution in [0.5, 0.6) is 0 Å². The van der Waals surface area contributed by atoms with Crippen LogP contribution in [0.4, 0.5) is 5.82 Å². The summed E-state index contributed by atoms with van der Waals surface area (Å²) in [6.07, 6.45) is 6.64. The molecule has 3 aromatic rings. The average molecular weight is 267 g/mol. The fraction of sp³-hybridized carbons (Fsp3) is 0.267. The minimum Gasteiger partial charge on any atom is -0.369 e. The number of hydrogen-bond donors (Lipinski definition) is 1. The zero-order chi connectivity index (χ0) is 13.8.